The molecule has 0 saturated carbocycles. The van der Waals surface area contributed by atoms with Crippen LogP contribution < -0.4 is 9.80 Å². The summed E-state index contributed by atoms with van der Waals surface area (Å²) in [6, 6.07) is 8.39. The molecule has 0 amide bonds. The first-order valence-corrected chi connectivity index (χ1v) is 8.55. The normalized spacial score (nSPS) is 23.9. The first-order valence-electron chi connectivity index (χ1n) is 8.55. The zero-order valence-corrected chi connectivity index (χ0v) is 13.9. The van der Waals surface area contributed by atoms with Crippen molar-refractivity contribution in [3.63, 3.8) is 0 Å². The van der Waals surface area contributed by atoms with Crippen LogP contribution in [0.4, 0.5) is 16.0 Å². The number of morpholine rings is 1. The summed E-state index contributed by atoms with van der Waals surface area (Å²) in [5.41, 5.74) is 0.976. The molecule has 1 aromatic carbocycles. The van der Waals surface area contributed by atoms with Gasteiger partial charge in [0.05, 0.1) is 25.4 Å². The minimum atomic E-state index is -0.433. The Balaban J connectivity index is 1.61. The molecule has 0 unspecified atom stereocenters. The Hall–Kier alpha value is -2.25. The van der Waals surface area contributed by atoms with Crippen LogP contribution in [-0.2, 0) is 4.74 Å². The second-order valence-corrected chi connectivity index (χ2v) is 6.44. The minimum Gasteiger partial charge on any atom is -0.391 e. The highest BCUT2D eigenvalue weighted by Gasteiger charge is 2.33. The second kappa shape index (κ2) is 6.93. The molecule has 0 radical (unpaired) electrons. The molecular formula is C18H21FN4O2. The molecule has 2 atom stereocenters. The van der Waals surface area contributed by atoms with E-state index >= 15 is 0 Å². The number of hydrogen-bond acceptors (Lipinski definition) is 6. The average molecular weight is 344 g/mol. The van der Waals surface area contributed by atoms with Gasteiger partial charge in [-0.05, 0) is 24.1 Å². The van der Waals surface area contributed by atoms with Gasteiger partial charge in [0.15, 0.2) is 0 Å². The molecule has 25 heavy (non-hydrogen) atoms. The van der Waals surface area contributed by atoms with Crippen molar-refractivity contribution < 1.29 is 14.2 Å². The van der Waals surface area contributed by atoms with E-state index in [-0.39, 0.29) is 11.9 Å². The van der Waals surface area contributed by atoms with E-state index in [1.165, 1.54) is 12.1 Å². The molecule has 4 rings (SSSR count). The van der Waals surface area contributed by atoms with E-state index in [1.807, 2.05) is 6.07 Å². The van der Waals surface area contributed by atoms with E-state index in [1.54, 1.807) is 18.5 Å². The number of aliphatic hydroxyl groups is 1. The van der Waals surface area contributed by atoms with Crippen molar-refractivity contribution >= 4 is 11.6 Å². The van der Waals surface area contributed by atoms with E-state index in [0.717, 1.165) is 30.3 Å². The van der Waals surface area contributed by atoms with Gasteiger partial charge >= 0.3 is 0 Å². The summed E-state index contributed by atoms with van der Waals surface area (Å²) in [7, 11) is 0. The Morgan fingerprint density at radius 2 is 1.80 bits per heavy atom. The van der Waals surface area contributed by atoms with Crippen LogP contribution in [0.2, 0.25) is 0 Å². The summed E-state index contributed by atoms with van der Waals surface area (Å²) in [6.45, 7) is 3.50. The lowest BCUT2D eigenvalue weighted by Gasteiger charge is -2.30. The first kappa shape index (κ1) is 16.2. The van der Waals surface area contributed by atoms with Crippen molar-refractivity contribution in [1.29, 1.82) is 0 Å². The largest absolute Gasteiger partial charge is 0.391 e. The number of aromatic nitrogens is 2. The van der Waals surface area contributed by atoms with Crippen LogP contribution in [0.1, 0.15) is 18.0 Å². The van der Waals surface area contributed by atoms with Gasteiger partial charge in [-0.2, -0.15) is 0 Å². The van der Waals surface area contributed by atoms with Crippen molar-refractivity contribution in [2.24, 2.45) is 0 Å². The zero-order chi connectivity index (χ0) is 17.2. The molecule has 3 heterocycles. The van der Waals surface area contributed by atoms with Crippen molar-refractivity contribution in [3.8, 4) is 0 Å². The Kier molecular flexibility index (Phi) is 4.50. The van der Waals surface area contributed by atoms with E-state index in [4.69, 9.17) is 4.74 Å². The van der Waals surface area contributed by atoms with Gasteiger partial charge < -0.3 is 19.6 Å². The number of anilines is 2. The molecule has 2 fully saturated rings. The Bertz CT molecular complexity index is 721. The van der Waals surface area contributed by atoms with Gasteiger partial charge in [-0.25, -0.2) is 14.4 Å². The van der Waals surface area contributed by atoms with Gasteiger partial charge in [-0.3, -0.25) is 0 Å². The van der Waals surface area contributed by atoms with Crippen molar-refractivity contribution in [3.05, 3.63) is 48.0 Å². The van der Waals surface area contributed by atoms with Gasteiger partial charge in [0.2, 0.25) is 0 Å². The van der Waals surface area contributed by atoms with E-state index in [9.17, 15) is 9.50 Å². The molecule has 2 saturated heterocycles. The van der Waals surface area contributed by atoms with Crippen LogP contribution in [0.15, 0.2) is 36.7 Å². The van der Waals surface area contributed by atoms with Gasteiger partial charge in [0.25, 0.3) is 0 Å². The molecule has 2 aliphatic heterocycles. The van der Waals surface area contributed by atoms with E-state index < -0.39 is 6.10 Å². The fourth-order valence-electron chi connectivity index (χ4n) is 3.53. The van der Waals surface area contributed by atoms with Crippen molar-refractivity contribution in [2.45, 2.75) is 18.6 Å². The lowest BCUT2D eigenvalue weighted by Crippen LogP contribution is -2.37. The topological polar surface area (TPSA) is 61.7 Å². The first-order chi connectivity index (χ1) is 12.2. The lowest BCUT2D eigenvalue weighted by atomic mass is 10.0. The zero-order valence-electron chi connectivity index (χ0n) is 13.9. The summed E-state index contributed by atoms with van der Waals surface area (Å²) in [5, 5.41) is 10.2. The molecule has 1 aromatic heterocycles. The number of β-amino-alcohol motifs (C(OH)–C–C–N with tert-alkyl or cyclic N) is 1. The van der Waals surface area contributed by atoms with Gasteiger partial charge in [-0.15, -0.1) is 0 Å². The maximum Gasteiger partial charge on any atom is 0.134 e. The Morgan fingerprint density at radius 1 is 1.08 bits per heavy atom. The fourth-order valence-corrected chi connectivity index (χ4v) is 3.53. The van der Waals surface area contributed by atoms with Crippen LogP contribution >= 0.6 is 0 Å². The summed E-state index contributed by atoms with van der Waals surface area (Å²) in [6.07, 6.45) is 1.73. The van der Waals surface area contributed by atoms with Crippen LogP contribution in [0.3, 0.4) is 0 Å². The molecule has 2 aromatic rings. The summed E-state index contributed by atoms with van der Waals surface area (Å²) in [4.78, 5) is 13.0. The average Bonchev–Trinajstić information content (AvgIpc) is 3.05. The quantitative estimate of drug-likeness (QED) is 0.916. The second-order valence-electron chi connectivity index (χ2n) is 6.44. The molecule has 0 spiro atoms. The SMILES string of the molecule is O[C@@H]1C[C@@H](c2ccc(F)cc2)N(c2cc(N3CCOCC3)ncn2)C1. The Labute approximate surface area is 145 Å². The van der Waals surface area contributed by atoms with Crippen LogP contribution in [0.5, 0.6) is 0 Å². The van der Waals surface area contributed by atoms with Crippen LogP contribution in [0, 0.1) is 5.82 Å². The minimum absolute atomic E-state index is 0.0250. The van der Waals surface area contributed by atoms with Crippen LogP contribution in [0.25, 0.3) is 0 Å². The number of benzene rings is 1. The number of hydrogen-bond donors (Lipinski definition) is 1. The predicted octanol–water partition coefficient (Wildman–Crippen LogP) is 1.76. The number of ether oxygens (including phenoxy) is 1. The highest BCUT2D eigenvalue weighted by molar-refractivity contribution is 5.53. The molecule has 6 nitrogen and oxygen atoms in total. The molecule has 1 N–H and O–H groups in total. The molecular weight excluding hydrogens is 323 g/mol. The molecule has 132 valence electrons. The maximum atomic E-state index is 13.2. The van der Waals surface area contributed by atoms with E-state index in [0.29, 0.717) is 26.2 Å². The highest BCUT2D eigenvalue weighted by atomic mass is 19.1. The Morgan fingerprint density at radius 3 is 2.56 bits per heavy atom. The van der Waals surface area contributed by atoms with Gasteiger partial charge in [-0.1, -0.05) is 12.1 Å². The maximum absolute atomic E-state index is 13.2. The molecule has 7 heteroatoms. The van der Waals surface area contributed by atoms with E-state index in [2.05, 4.69) is 19.8 Å². The highest BCUT2D eigenvalue weighted by Crippen LogP contribution is 2.36. The third-order valence-electron chi connectivity index (χ3n) is 4.80. The monoisotopic (exact) mass is 344 g/mol. The third-order valence-corrected chi connectivity index (χ3v) is 4.80. The fraction of sp³-hybridized carbons (Fsp3) is 0.444. The third kappa shape index (κ3) is 3.43. The summed E-state index contributed by atoms with van der Waals surface area (Å²) in [5.74, 6) is 1.39. The number of halogens is 1. The number of aliphatic hydroxyl groups excluding tert-OH is 1. The van der Waals surface area contributed by atoms with Crippen molar-refractivity contribution in [2.75, 3.05) is 42.6 Å². The predicted molar refractivity (Wildman–Crippen MR) is 92.2 cm³/mol. The standard InChI is InChI=1S/C18H21FN4O2/c19-14-3-1-13(2-4-14)16-9-15(24)11-23(16)18-10-17(20-12-21-18)22-5-7-25-8-6-22/h1-4,10,12,15-16,24H,5-9,11H2/t15-,16+/m1/s1. The number of nitrogens with zero attached hydrogens (tertiary/aromatic N) is 4. The summed E-state index contributed by atoms with van der Waals surface area (Å²) < 4.78 is 18.6. The van der Waals surface area contributed by atoms with Gasteiger partial charge in [0.1, 0.15) is 23.8 Å². The molecule has 0 bridgehead atoms. The van der Waals surface area contributed by atoms with Gasteiger partial charge in [0, 0.05) is 25.7 Å². The lowest BCUT2D eigenvalue weighted by molar-refractivity contribution is 0.122. The smallest absolute Gasteiger partial charge is 0.134 e. The number of rotatable bonds is 3. The summed E-state index contributed by atoms with van der Waals surface area (Å²) >= 11 is 0. The molecule has 2 aliphatic rings. The van der Waals surface area contributed by atoms with Crippen molar-refractivity contribution in [1.82, 2.24) is 9.97 Å². The van der Waals surface area contributed by atoms with Crippen LogP contribution in [-0.4, -0.2) is 54.0 Å². The molecule has 0 aliphatic carbocycles.